The molecule has 0 aliphatic heterocycles. The summed E-state index contributed by atoms with van der Waals surface area (Å²) >= 11 is 5.26. The Morgan fingerprint density at radius 3 is 2.78 bits per heavy atom. The minimum atomic E-state index is -0.385. The third-order valence-corrected chi connectivity index (χ3v) is 3.79. The van der Waals surface area contributed by atoms with E-state index < -0.39 is 0 Å². The number of ether oxygens (including phenoxy) is 1. The zero-order valence-corrected chi connectivity index (χ0v) is 13.7. The molecule has 98 valence electrons. The number of carbonyl (C=O) groups excluding carboxylic acids is 2. The van der Waals surface area contributed by atoms with E-state index in [1.165, 1.54) is 7.11 Å². The van der Waals surface area contributed by atoms with Crippen LogP contribution in [0.25, 0.3) is 0 Å². The Bertz CT molecular complexity index is 465. The Morgan fingerprint density at radius 2 is 2.17 bits per heavy atom. The molecule has 1 N–H and O–H groups in total. The molecule has 0 saturated heterocycles. The van der Waals surface area contributed by atoms with Crippen molar-refractivity contribution in [3.05, 3.63) is 33.8 Å². The number of halogens is 2. The number of carbonyl (C=O) groups is 2. The van der Waals surface area contributed by atoms with Gasteiger partial charge in [0.05, 0.1) is 7.11 Å². The number of alkyl halides is 1. The number of hydrogen-bond donors (Lipinski definition) is 1. The Kier molecular flexibility index (Phi) is 6.07. The smallest absolute Gasteiger partial charge is 0.320 e. The highest BCUT2D eigenvalue weighted by atomic mass is 127. The second-order valence-electron chi connectivity index (χ2n) is 3.66. The van der Waals surface area contributed by atoms with Crippen molar-refractivity contribution >= 4 is 50.4 Å². The highest BCUT2D eigenvalue weighted by Crippen LogP contribution is 2.16. The monoisotopic (exact) mass is 425 g/mol. The van der Waals surface area contributed by atoms with Crippen molar-refractivity contribution in [2.24, 2.45) is 0 Å². The molecular weight excluding hydrogens is 413 g/mol. The zero-order chi connectivity index (χ0) is 13.7. The van der Waals surface area contributed by atoms with Crippen molar-refractivity contribution in [1.29, 1.82) is 0 Å². The fraction of sp³-hybridized carbons (Fsp3) is 0.333. The van der Waals surface area contributed by atoms with Crippen LogP contribution >= 0.6 is 38.5 Å². The number of methoxy groups -OCH3 is 1. The number of aryl methyl sites for hydroxylation is 1. The molecule has 1 rings (SSSR count). The van der Waals surface area contributed by atoms with E-state index >= 15 is 0 Å². The maximum Gasteiger partial charge on any atom is 0.320 e. The molecule has 0 aliphatic rings. The average Bonchev–Trinajstić information content (AvgIpc) is 2.37. The summed E-state index contributed by atoms with van der Waals surface area (Å²) in [5.74, 6) is -0.541. The van der Waals surface area contributed by atoms with Crippen LogP contribution in [0.1, 0.15) is 15.9 Å². The van der Waals surface area contributed by atoms with Crippen molar-refractivity contribution in [3.63, 3.8) is 0 Å². The van der Waals surface area contributed by atoms with Crippen molar-refractivity contribution in [2.45, 2.75) is 10.8 Å². The number of nitrogens with one attached hydrogen (secondary N) is 1. The van der Waals surface area contributed by atoms with Gasteiger partial charge in [-0.25, -0.2) is 0 Å². The van der Waals surface area contributed by atoms with E-state index in [0.29, 0.717) is 5.56 Å². The summed E-state index contributed by atoms with van der Waals surface area (Å²) in [6.45, 7) is 2.11. The molecule has 6 heteroatoms. The summed E-state index contributed by atoms with van der Waals surface area (Å²) < 4.78 is 5.05. The van der Waals surface area contributed by atoms with Crippen molar-refractivity contribution in [2.75, 3.05) is 13.7 Å². The fourth-order valence-corrected chi connectivity index (χ4v) is 2.16. The predicted octanol–water partition coefficient (Wildman–Crippen LogP) is 2.46. The van der Waals surface area contributed by atoms with Gasteiger partial charge in [0, 0.05) is 16.6 Å². The summed E-state index contributed by atoms with van der Waals surface area (Å²) in [6, 6.07) is 5.49. The van der Waals surface area contributed by atoms with Crippen LogP contribution in [0, 0.1) is 6.92 Å². The molecule has 0 spiro atoms. The maximum absolute atomic E-state index is 11.9. The molecular formula is C12H13BrINO3. The van der Waals surface area contributed by atoms with Gasteiger partial charge >= 0.3 is 5.97 Å². The molecule has 1 atom stereocenters. The fourth-order valence-electron chi connectivity index (χ4n) is 1.33. The van der Waals surface area contributed by atoms with E-state index in [1.54, 1.807) is 6.07 Å². The SMILES string of the molecule is COC(=O)C(I)CNC(=O)c1cc(Br)ccc1C. The molecule has 18 heavy (non-hydrogen) atoms. The molecule has 1 amide bonds. The number of hydrogen-bond acceptors (Lipinski definition) is 3. The molecule has 0 aromatic heterocycles. The number of rotatable bonds is 4. The highest BCUT2D eigenvalue weighted by Gasteiger charge is 2.17. The lowest BCUT2D eigenvalue weighted by molar-refractivity contribution is -0.139. The van der Waals surface area contributed by atoms with Crippen LogP contribution < -0.4 is 5.32 Å². The van der Waals surface area contributed by atoms with Crippen molar-refractivity contribution in [3.8, 4) is 0 Å². The quantitative estimate of drug-likeness (QED) is 0.458. The third-order valence-electron chi connectivity index (χ3n) is 2.34. The number of esters is 1. The van der Waals surface area contributed by atoms with Crippen molar-refractivity contribution < 1.29 is 14.3 Å². The minimum absolute atomic E-state index is 0.195. The molecule has 0 bridgehead atoms. The summed E-state index contributed by atoms with van der Waals surface area (Å²) in [4.78, 5) is 23.1. The molecule has 1 aromatic carbocycles. The molecule has 4 nitrogen and oxygen atoms in total. The summed E-state index contributed by atoms with van der Waals surface area (Å²) in [5, 5.41) is 2.71. The predicted molar refractivity (Wildman–Crippen MR) is 81.0 cm³/mol. The Labute approximate surface area is 128 Å². The normalized spacial score (nSPS) is 11.8. The van der Waals surface area contributed by atoms with Gasteiger partial charge in [0.2, 0.25) is 0 Å². The van der Waals surface area contributed by atoms with Crippen molar-refractivity contribution in [1.82, 2.24) is 5.32 Å². The van der Waals surface area contributed by atoms with E-state index in [4.69, 9.17) is 0 Å². The lowest BCUT2D eigenvalue weighted by Crippen LogP contribution is -2.34. The van der Waals surface area contributed by atoms with Crippen LogP contribution in [0.4, 0.5) is 0 Å². The van der Waals surface area contributed by atoms with E-state index in [9.17, 15) is 9.59 Å². The maximum atomic E-state index is 11.9. The Morgan fingerprint density at radius 1 is 1.50 bits per heavy atom. The first-order valence-electron chi connectivity index (χ1n) is 5.22. The van der Waals surface area contributed by atoms with Gasteiger partial charge in [0.15, 0.2) is 0 Å². The van der Waals surface area contributed by atoms with Gasteiger partial charge in [-0.05, 0) is 24.6 Å². The zero-order valence-electron chi connectivity index (χ0n) is 10.00. The molecule has 1 aromatic rings. The third kappa shape index (κ3) is 4.24. The minimum Gasteiger partial charge on any atom is -0.468 e. The largest absolute Gasteiger partial charge is 0.468 e. The number of benzene rings is 1. The van der Waals surface area contributed by atoms with Crippen LogP contribution in [0.15, 0.2) is 22.7 Å². The molecule has 1 unspecified atom stereocenters. The molecule has 0 saturated carbocycles. The molecule has 0 fully saturated rings. The average molecular weight is 426 g/mol. The molecule has 0 radical (unpaired) electrons. The van der Waals surface area contributed by atoms with E-state index in [2.05, 4.69) is 26.0 Å². The Hall–Kier alpha value is -0.630. The van der Waals surface area contributed by atoms with Crippen LogP contribution in [0.5, 0.6) is 0 Å². The molecule has 0 aliphatic carbocycles. The van der Waals surface area contributed by atoms with E-state index in [0.717, 1.165) is 10.0 Å². The number of amides is 1. The van der Waals surface area contributed by atoms with Gasteiger partial charge in [0.25, 0.3) is 5.91 Å². The van der Waals surface area contributed by atoms with Gasteiger partial charge in [-0.15, -0.1) is 0 Å². The van der Waals surface area contributed by atoms with Gasteiger partial charge in [-0.3, -0.25) is 9.59 Å². The first-order valence-corrected chi connectivity index (χ1v) is 7.25. The van der Waals surface area contributed by atoms with Crippen LogP contribution in [-0.2, 0) is 9.53 Å². The van der Waals surface area contributed by atoms with E-state index in [-0.39, 0.29) is 22.3 Å². The van der Waals surface area contributed by atoms with Crippen LogP contribution in [-0.4, -0.2) is 29.5 Å². The highest BCUT2D eigenvalue weighted by molar-refractivity contribution is 14.1. The summed E-state index contributed by atoms with van der Waals surface area (Å²) in [7, 11) is 1.33. The molecule has 0 heterocycles. The van der Waals surface area contributed by atoms with Gasteiger partial charge in [-0.2, -0.15) is 0 Å². The lowest BCUT2D eigenvalue weighted by atomic mass is 10.1. The lowest BCUT2D eigenvalue weighted by Gasteiger charge is -2.11. The standard InChI is InChI=1S/C12H13BrINO3/c1-7-3-4-8(13)5-9(7)11(16)15-6-10(14)12(17)18-2/h3-5,10H,6H2,1-2H3,(H,15,16). The van der Waals surface area contributed by atoms with E-state index in [1.807, 2.05) is 41.6 Å². The van der Waals surface area contributed by atoms with Crippen LogP contribution in [0.3, 0.4) is 0 Å². The van der Waals surface area contributed by atoms with Crippen LogP contribution in [0.2, 0.25) is 0 Å². The summed E-state index contributed by atoms with van der Waals surface area (Å²) in [5.41, 5.74) is 1.48. The second kappa shape index (κ2) is 7.08. The van der Waals surface area contributed by atoms with Gasteiger partial charge < -0.3 is 10.1 Å². The van der Waals surface area contributed by atoms with Gasteiger partial charge in [-0.1, -0.05) is 44.6 Å². The first kappa shape index (κ1) is 15.4. The summed E-state index contributed by atoms with van der Waals surface area (Å²) in [6.07, 6.45) is 0. The Balaban J connectivity index is 2.66. The topological polar surface area (TPSA) is 55.4 Å². The first-order chi connectivity index (χ1) is 8.45. The second-order valence-corrected chi connectivity index (χ2v) is 6.08. The van der Waals surface area contributed by atoms with Gasteiger partial charge in [0.1, 0.15) is 3.92 Å².